The van der Waals surface area contributed by atoms with Gasteiger partial charge in [-0.1, -0.05) is 23.4 Å². The highest BCUT2D eigenvalue weighted by atomic mass is 19.4. The summed E-state index contributed by atoms with van der Waals surface area (Å²) in [4.78, 5) is 14.1. The van der Waals surface area contributed by atoms with E-state index in [0.717, 1.165) is 25.5 Å². The fraction of sp³-hybridized carbons (Fsp3) is 0.526. The first-order valence-corrected chi connectivity index (χ1v) is 9.56. The molecule has 2 N–H and O–H groups in total. The Morgan fingerprint density at radius 3 is 2.93 bits per heavy atom. The van der Waals surface area contributed by atoms with Gasteiger partial charge < -0.3 is 10.4 Å². The van der Waals surface area contributed by atoms with Crippen molar-refractivity contribution in [2.75, 3.05) is 26.2 Å². The second-order valence-electron chi connectivity index (χ2n) is 7.15. The van der Waals surface area contributed by atoms with Gasteiger partial charge in [-0.25, -0.2) is 4.68 Å². The topological polar surface area (TPSA) is 83.3 Å². The average Bonchev–Trinajstić information content (AvgIpc) is 3.18. The van der Waals surface area contributed by atoms with Crippen molar-refractivity contribution in [1.29, 1.82) is 0 Å². The maximum atomic E-state index is 12.9. The van der Waals surface area contributed by atoms with E-state index in [-0.39, 0.29) is 24.2 Å². The van der Waals surface area contributed by atoms with E-state index in [2.05, 4.69) is 20.5 Å². The van der Waals surface area contributed by atoms with Crippen molar-refractivity contribution in [3.05, 3.63) is 47.3 Å². The van der Waals surface area contributed by atoms with Gasteiger partial charge in [0.25, 0.3) is 5.91 Å². The van der Waals surface area contributed by atoms with Gasteiger partial charge in [0.2, 0.25) is 0 Å². The predicted molar refractivity (Wildman–Crippen MR) is 99.1 cm³/mol. The Labute approximate surface area is 166 Å². The minimum Gasteiger partial charge on any atom is -0.396 e. The first-order chi connectivity index (χ1) is 13.9. The summed E-state index contributed by atoms with van der Waals surface area (Å²) in [6.45, 7) is 2.18. The number of aliphatic hydroxyl groups excluding tert-OH is 1. The van der Waals surface area contributed by atoms with Gasteiger partial charge in [0, 0.05) is 26.2 Å². The third-order valence-corrected chi connectivity index (χ3v) is 4.88. The summed E-state index contributed by atoms with van der Waals surface area (Å²) < 4.78 is 40.4. The zero-order valence-corrected chi connectivity index (χ0v) is 15.9. The largest absolute Gasteiger partial charge is 0.416 e. The molecule has 0 saturated carbocycles. The number of carbonyl (C=O) groups is 1. The summed E-state index contributed by atoms with van der Waals surface area (Å²) in [6, 6.07) is 5.39. The summed E-state index contributed by atoms with van der Waals surface area (Å²) in [6.07, 6.45) is -0.565. The van der Waals surface area contributed by atoms with Crippen molar-refractivity contribution in [3.8, 4) is 0 Å². The number of hydrogen-bond acceptors (Lipinski definition) is 5. The number of rotatable bonds is 7. The molecule has 0 spiro atoms. The molecule has 1 saturated heterocycles. The molecule has 1 fully saturated rings. The molecule has 1 aliphatic heterocycles. The molecule has 1 aromatic heterocycles. The van der Waals surface area contributed by atoms with E-state index in [1.807, 2.05) is 0 Å². The van der Waals surface area contributed by atoms with Crippen LogP contribution in [0.2, 0.25) is 0 Å². The second-order valence-corrected chi connectivity index (χ2v) is 7.15. The zero-order chi connectivity index (χ0) is 20.9. The molecule has 1 amide bonds. The standard InChI is InChI=1S/C19H24F3N5O2/c20-19(21,22)15-5-1-4-14(10-15)11-26-8-2-6-16(12-26)27-13-17(24-25-27)18(29)23-7-3-9-28/h1,4-5,10,13,16,28H,2-3,6-9,11-12H2,(H,23,29). The molecule has 1 aliphatic rings. The van der Waals surface area contributed by atoms with Crippen molar-refractivity contribution in [1.82, 2.24) is 25.2 Å². The Hall–Kier alpha value is -2.46. The molecule has 3 rings (SSSR count). The van der Waals surface area contributed by atoms with E-state index in [4.69, 9.17) is 5.11 Å². The number of halogens is 3. The van der Waals surface area contributed by atoms with Gasteiger partial charge in [-0.15, -0.1) is 5.10 Å². The van der Waals surface area contributed by atoms with Crippen LogP contribution in [-0.2, 0) is 12.7 Å². The summed E-state index contributed by atoms with van der Waals surface area (Å²) in [5.74, 6) is -0.346. The van der Waals surface area contributed by atoms with Crippen LogP contribution in [0, 0.1) is 0 Å². The van der Waals surface area contributed by atoms with Crippen LogP contribution in [0.4, 0.5) is 13.2 Å². The number of piperidine rings is 1. The highest BCUT2D eigenvalue weighted by Gasteiger charge is 2.30. The van der Waals surface area contributed by atoms with Crippen LogP contribution in [0.1, 0.15) is 46.9 Å². The molecule has 2 aromatic rings. The number of aliphatic hydroxyl groups is 1. The highest BCUT2D eigenvalue weighted by molar-refractivity contribution is 5.91. The molecular formula is C19H24F3N5O2. The van der Waals surface area contributed by atoms with Gasteiger partial charge in [-0.2, -0.15) is 13.2 Å². The number of carbonyl (C=O) groups excluding carboxylic acids is 1. The Morgan fingerprint density at radius 1 is 1.34 bits per heavy atom. The zero-order valence-electron chi connectivity index (χ0n) is 15.9. The van der Waals surface area contributed by atoms with Gasteiger partial charge in [-0.3, -0.25) is 9.69 Å². The molecule has 0 radical (unpaired) electrons. The lowest BCUT2D eigenvalue weighted by molar-refractivity contribution is -0.137. The summed E-state index contributed by atoms with van der Waals surface area (Å²) in [5.41, 5.74) is 0.178. The molecule has 1 atom stereocenters. The SMILES string of the molecule is O=C(NCCCO)c1cn(C2CCCN(Cc3cccc(C(F)(F)F)c3)C2)nn1. The van der Waals surface area contributed by atoms with Crippen molar-refractivity contribution < 1.29 is 23.1 Å². The molecule has 7 nitrogen and oxygen atoms in total. The van der Waals surface area contributed by atoms with E-state index in [0.29, 0.717) is 31.6 Å². The number of amides is 1. The lowest BCUT2D eigenvalue weighted by Crippen LogP contribution is -2.36. The van der Waals surface area contributed by atoms with Gasteiger partial charge in [-0.05, 0) is 37.4 Å². The van der Waals surface area contributed by atoms with Crippen LogP contribution in [-0.4, -0.2) is 57.1 Å². The Bertz CT molecular complexity index is 824. The quantitative estimate of drug-likeness (QED) is 0.683. The lowest BCUT2D eigenvalue weighted by atomic mass is 10.0. The number of nitrogens with one attached hydrogen (secondary N) is 1. The first kappa shape index (κ1) is 21.3. The van der Waals surface area contributed by atoms with Crippen LogP contribution < -0.4 is 5.32 Å². The molecule has 0 aliphatic carbocycles. The van der Waals surface area contributed by atoms with Crippen molar-refractivity contribution >= 4 is 5.91 Å². The van der Waals surface area contributed by atoms with Crippen molar-refractivity contribution in [2.24, 2.45) is 0 Å². The number of benzene rings is 1. The van der Waals surface area contributed by atoms with Crippen molar-refractivity contribution in [3.63, 3.8) is 0 Å². The molecule has 1 aromatic carbocycles. The molecular weight excluding hydrogens is 387 g/mol. The fourth-order valence-corrected chi connectivity index (χ4v) is 3.43. The maximum Gasteiger partial charge on any atom is 0.416 e. The van der Waals surface area contributed by atoms with Gasteiger partial charge in [0.05, 0.1) is 17.8 Å². The van der Waals surface area contributed by atoms with Crippen LogP contribution in [0.3, 0.4) is 0 Å². The number of nitrogens with zero attached hydrogens (tertiary/aromatic N) is 4. The highest BCUT2D eigenvalue weighted by Crippen LogP contribution is 2.30. The van der Waals surface area contributed by atoms with Crippen molar-refractivity contribution in [2.45, 2.75) is 38.0 Å². The average molecular weight is 411 g/mol. The van der Waals surface area contributed by atoms with Crippen LogP contribution >= 0.6 is 0 Å². The maximum absolute atomic E-state index is 12.9. The van der Waals surface area contributed by atoms with E-state index in [9.17, 15) is 18.0 Å². The monoisotopic (exact) mass is 411 g/mol. The number of hydrogen-bond donors (Lipinski definition) is 2. The van der Waals surface area contributed by atoms with Crippen LogP contribution in [0.15, 0.2) is 30.5 Å². The van der Waals surface area contributed by atoms with Gasteiger partial charge >= 0.3 is 6.18 Å². The Balaban J connectivity index is 1.61. The van der Waals surface area contributed by atoms with E-state index in [1.54, 1.807) is 16.9 Å². The van der Waals surface area contributed by atoms with E-state index >= 15 is 0 Å². The fourth-order valence-electron chi connectivity index (χ4n) is 3.43. The predicted octanol–water partition coefficient (Wildman–Crippen LogP) is 2.25. The molecule has 1 unspecified atom stereocenters. The summed E-state index contributed by atoms with van der Waals surface area (Å²) in [5, 5.41) is 19.4. The van der Waals surface area contributed by atoms with E-state index < -0.39 is 11.7 Å². The smallest absolute Gasteiger partial charge is 0.396 e. The Kier molecular flexibility index (Phi) is 6.86. The third kappa shape index (κ3) is 5.77. The number of alkyl halides is 3. The lowest BCUT2D eigenvalue weighted by Gasteiger charge is -2.32. The molecule has 10 heteroatoms. The summed E-state index contributed by atoms with van der Waals surface area (Å²) in [7, 11) is 0. The first-order valence-electron chi connectivity index (χ1n) is 9.56. The minimum atomic E-state index is -4.35. The summed E-state index contributed by atoms with van der Waals surface area (Å²) >= 11 is 0. The molecule has 2 heterocycles. The Morgan fingerprint density at radius 2 is 2.17 bits per heavy atom. The second kappa shape index (κ2) is 9.36. The van der Waals surface area contributed by atoms with Crippen LogP contribution in [0.5, 0.6) is 0 Å². The molecule has 158 valence electrons. The van der Waals surface area contributed by atoms with Gasteiger partial charge in [0.15, 0.2) is 5.69 Å². The number of aromatic nitrogens is 3. The minimum absolute atomic E-state index is 0.000963. The normalized spacial score (nSPS) is 18.0. The van der Waals surface area contributed by atoms with E-state index in [1.165, 1.54) is 12.1 Å². The van der Waals surface area contributed by atoms with Gasteiger partial charge in [0.1, 0.15) is 0 Å². The third-order valence-electron chi connectivity index (χ3n) is 4.88. The molecule has 29 heavy (non-hydrogen) atoms. The van der Waals surface area contributed by atoms with Crippen LogP contribution in [0.25, 0.3) is 0 Å². The number of likely N-dealkylation sites (tertiary alicyclic amines) is 1. The molecule has 0 bridgehead atoms.